The van der Waals surface area contributed by atoms with Gasteiger partial charge in [0.2, 0.25) is 0 Å². The molecule has 0 saturated carbocycles. The molecule has 364 valence electrons. The van der Waals surface area contributed by atoms with Crippen molar-refractivity contribution in [1.82, 2.24) is 4.90 Å². The van der Waals surface area contributed by atoms with Gasteiger partial charge in [-0.1, -0.05) is 221 Å². The van der Waals surface area contributed by atoms with Crippen molar-refractivity contribution in [2.75, 3.05) is 19.7 Å². The maximum Gasteiger partial charge on any atom is 0.305 e. The van der Waals surface area contributed by atoms with Gasteiger partial charge in [-0.25, -0.2) is 0 Å². The van der Waals surface area contributed by atoms with E-state index in [0.29, 0.717) is 19.4 Å². The Morgan fingerprint density at radius 3 is 1.32 bits per heavy atom. The summed E-state index contributed by atoms with van der Waals surface area (Å²) in [5.74, 6) is 8.07. The van der Waals surface area contributed by atoms with Gasteiger partial charge >= 0.3 is 5.97 Å². The predicted octanol–water partition coefficient (Wildman–Crippen LogP) is 18.5. The Morgan fingerprint density at radius 1 is 0.516 bits per heavy atom. The molecule has 1 aliphatic carbocycles. The Balaban J connectivity index is 0. The lowest BCUT2D eigenvalue weighted by Gasteiger charge is -2.25. The maximum atomic E-state index is 12.2. The van der Waals surface area contributed by atoms with E-state index in [9.17, 15) is 9.59 Å². The molecule has 1 rings (SSSR count). The van der Waals surface area contributed by atoms with Crippen LogP contribution in [0.1, 0.15) is 292 Å². The van der Waals surface area contributed by atoms with Gasteiger partial charge in [-0.15, -0.1) is 11.8 Å². The number of esters is 1. The third-order valence-electron chi connectivity index (χ3n) is 12.5. The molecule has 62 heavy (non-hydrogen) atoms. The molecule has 0 aromatic carbocycles. The number of carbonyl (C=O) groups is 2. The molecule has 0 fully saturated rings. The number of rotatable bonds is 42. The summed E-state index contributed by atoms with van der Waals surface area (Å²) in [6.07, 6.45) is 49.6. The van der Waals surface area contributed by atoms with Crippen molar-refractivity contribution < 1.29 is 14.3 Å². The van der Waals surface area contributed by atoms with E-state index in [2.05, 4.69) is 64.9 Å². The minimum Gasteiger partial charge on any atom is -0.466 e. The van der Waals surface area contributed by atoms with Gasteiger partial charge in [0, 0.05) is 38.8 Å². The fraction of sp³-hybridized carbons (Fsp3) is 0.877. The molecular weight excluding hydrogens is 779 g/mol. The summed E-state index contributed by atoms with van der Waals surface area (Å²) < 4.78 is 5.56. The van der Waals surface area contributed by atoms with Crippen LogP contribution in [-0.2, 0) is 14.3 Å². The average molecular weight is 887 g/mol. The van der Waals surface area contributed by atoms with Gasteiger partial charge in [-0.05, 0) is 82.1 Å². The van der Waals surface area contributed by atoms with Crippen molar-refractivity contribution in [3.05, 3.63) is 12.7 Å². The molecule has 0 aromatic heterocycles. The van der Waals surface area contributed by atoms with Crippen LogP contribution in [0.4, 0.5) is 0 Å². The number of nitrogens with zero attached hydrogens (tertiary/aromatic N) is 1. The number of carbonyl (C=O) groups excluding carboxylic acids is 2. The SMILES string of the molecule is C1#CCCCC1.C=CC(=O)CCCCCCCN(CCCCCCCC(=O)OCCCC(CCCCC)CCCCC)C(=S)CCC.CCCCCC(CCCC)CCCCC. The van der Waals surface area contributed by atoms with E-state index in [4.69, 9.17) is 17.0 Å². The van der Waals surface area contributed by atoms with Gasteiger partial charge in [0.1, 0.15) is 0 Å². The van der Waals surface area contributed by atoms with E-state index in [1.54, 1.807) is 0 Å². The van der Waals surface area contributed by atoms with Gasteiger partial charge in [-0.2, -0.15) is 0 Å². The molecule has 0 atom stereocenters. The normalized spacial score (nSPS) is 11.9. The molecule has 0 bridgehead atoms. The lowest BCUT2D eigenvalue weighted by molar-refractivity contribution is -0.144. The molecule has 0 radical (unpaired) electrons. The fourth-order valence-electron chi connectivity index (χ4n) is 8.39. The van der Waals surface area contributed by atoms with Crippen molar-refractivity contribution in [1.29, 1.82) is 0 Å². The van der Waals surface area contributed by atoms with Crippen molar-refractivity contribution in [2.45, 2.75) is 292 Å². The number of thiocarbonyl (C=S) groups is 1. The van der Waals surface area contributed by atoms with Gasteiger partial charge in [0.05, 0.1) is 11.6 Å². The fourth-order valence-corrected chi connectivity index (χ4v) is 8.78. The zero-order valence-electron chi connectivity index (χ0n) is 42.7. The number of ether oxygens (including phenoxy) is 1. The van der Waals surface area contributed by atoms with Crippen LogP contribution in [0.2, 0.25) is 0 Å². The number of ketones is 1. The van der Waals surface area contributed by atoms with Crippen molar-refractivity contribution >= 4 is 29.0 Å². The van der Waals surface area contributed by atoms with Crippen LogP contribution in [0.15, 0.2) is 12.7 Å². The van der Waals surface area contributed by atoms with Gasteiger partial charge in [-0.3, -0.25) is 9.59 Å². The summed E-state index contributed by atoms with van der Waals surface area (Å²) in [6, 6.07) is 0. The zero-order valence-corrected chi connectivity index (χ0v) is 43.5. The minimum absolute atomic E-state index is 0.0121. The van der Waals surface area contributed by atoms with Crippen LogP contribution in [0.3, 0.4) is 0 Å². The van der Waals surface area contributed by atoms with Crippen LogP contribution in [0, 0.1) is 23.7 Å². The monoisotopic (exact) mass is 886 g/mol. The zero-order chi connectivity index (χ0) is 46.0. The third-order valence-corrected chi connectivity index (χ3v) is 13.0. The summed E-state index contributed by atoms with van der Waals surface area (Å²) in [7, 11) is 0. The second-order valence-electron chi connectivity index (χ2n) is 18.6. The predicted molar refractivity (Wildman–Crippen MR) is 279 cm³/mol. The summed E-state index contributed by atoms with van der Waals surface area (Å²) in [6.45, 7) is 19.9. The van der Waals surface area contributed by atoms with E-state index in [-0.39, 0.29) is 11.8 Å². The second kappa shape index (κ2) is 52.0. The average Bonchev–Trinajstić information content (AvgIpc) is 3.29. The Bertz CT molecular complexity index is 1020. The molecule has 0 N–H and O–H groups in total. The largest absolute Gasteiger partial charge is 0.466 e. The molecule has 4 nitrogen and oxygen atoms in total. The Kier molecular flexibility index (Phi) is 52.3. The van der Waals surface area contributed by atoms with E-state index >= 15 is 0 Å². The number of allylic oxidation sites excluding steroid dienone is 1. The van der Waals surface area contributed by atoms with E-state index in [0.717, 1.165) is 94.1 Å². The standard InChI is InChI=1S/C36H67NO3S.C15H32.C6H8/c1-5-9-17-25-33(26-18-10-6-2)27-23-32-40-36(39)29-20-14-12-16-22-31-37(35(41)24-7-3)30-21-15-11-13-19-28-34(38)8-4;1-4-7-10-13-15(12-9-6-3)14-11-8-5-2;1-2-4-6-5-3-1/h8,33H,4-7,9-32H2,1-3H3;15H,4-14H2,1-3H3;1-4H2. The van der Waals surface area contributed by atoms with Gasteiger partial charge in [0.25, 0.3) is 0 Å². The molecule has 0 amide bonds. The smallest absolute Gasteiger partial charge is 0.305 e. The number of unbranched alkanes of at least 4 members (excludes halogenated alkanes) is 17. The number of hydrogen-bond donors (Lipinski definition) is 0. The highest BCUT2D eigenvalue weighted by Gasteiger charge is 2.11. The summed E-state index contributed by atoms with van der Waals surface area (Å²) in [5.41, 5.74) is 0. The van der Waals surface area contributed by atoms with Gasteiger partial charge in [0.15, 0.2) is 5.78 Å². The second-order valence-corrected chi connectivity index (χ2v) is 19.1. The first-order valence-corrected chi connectivity index (χ1v) is 27.8. The Morgan fingerprint density at radius 2 is 0.919 bits per heavy atom. The third kappa shape index (κ3) is 46.3. The molecule has 0 spiro atoms. The molecule has 0 saturated heterocycles. The van der Waals surface area contributed by atoms with E-state index in [1.807, 2.05) is 0 Å². The summed E-state index contributed by atoms with van der Waals surface area (Å²) >= 11 is 5.72. The Hall–Kier alpha value is -1.67. The first-order valence-electron chi connectivity index (χ1n) is 27.4. The molecule has 1 aliphatic rings. The van der Waals surface area contributed by atoms with Crippen LogP contribution >= 0.6 is 12.2 Å². The van der Waals surface area contributed by atoms with Crippen LogP contribution in [-0.4, -0.2) is 41.3 Å². The molecule has 5 heteroatoms. The van der Waals surface area contributed by atoms with Crippen LogP contribution in [0.5, 0.6) is 0 Å². The topological polar surface area (TPSA) is 46.6 Å². The number of hydrogen-bond acceptors (Lipinski definition) is 4. The highest BCUT2D eigenvalue weighted by molar-refractivity contribution is 7.80. The molecule has 0 heterocycles. The molecular formula is C57H107NO3S. The van der Waals surface area contributed by atoms with E-state index in [1.165, 1.54) is 179 Å². The molecule has 0 aliphatic heterocycles. The van der Waals surface area contributed by atoms with Crippen molar-refractivity contribution in [2.24, 2.45) is 11.8 Å². The van der Waals surface area contributed by atoms with Gasteiger partial charge < -0.3 is 9.64 Å². The first-order chi connectivity index (χ1) is 30.3. The van der Waals surface area contributed by atoms with Crippen molar-refractivity contribution in [3.63, 3.8) is 0 Å². The van der Waals surface area contributed by atoms with E-state index < -0.39 is 0 Å². The lowest BCUT2D eigenvalue weighted by atomic mass is 9.90. The minimum atomic E-state index is -0.0121. The highest BCUT2D eigenvalue weighted by atomic mass is 32.1. The Labute approximate surface area is 394 Å². The molecule has 0 unspecified atom stereocenters. The summed E-state index contributed by atoms with van der Waals surface area (Å²) in [5, 5.41) is 0. The summed E-state index contributed by atoms with van der Waals surface area (Å²) in [4.78, 5) is 27.0. The maximum absolute atomic E-state index is 12.2. The highest BCUT2D eigenvalue weighted by Crippen LogP contribution is 2.24. The first kappa shape index (κ1) is 62.4. The van der Waals surface area contributed by atoms with Crippen molar-refractivity contribution in [3.8, 4) is 11.8 Å². The quantitative estimate of drug-likeness (QED) is 0.0201. The lowest BCUT2D eigenvalue weighted by Crippen LogP contribution is -2.31. The van der Waals surface area contributed by atoms with Crippen LogP contribution < -0.4 is 0 Å². The van der Waals surface area contributed by atoms with Crippen LogP contribution in [0.25, 0.3) is 0 Å². The molecule has 0 aromatic rings.